The fourth-order valence-corrected chi connectivity index (χ4v) is 2.47. The van der Waals surface area contributed by atoms with Gasteiger partial charge < -0.3 is 14.5 Å². The maximum Gasteiger partial charge on any atom is 0.350 e. The van der Waals surface area contributed by atoms with E-state index in [0.717, 1.165) is 5.56 Å². The predicted molar refractivity (Wildman–Crippen MR) is 76.8 cm³/mol. The van der Waals surface area contributed by atoms with Crippen LogP contribution in [0, 0.1) is 6.92 Å². The Kier molecular flexibility index (Phi) is 4.37. The molecular weight excluding hydrogens is 278 g/mol. The summed E-state index contributed by atoms with van der Waals surface area (Å²) in [5, 5.41) is 4.47. The molecule has 0 aliphatic rings. The summed E-state index contributed by atoms with van der Waals surface area (Å²) in [5.74, 6) is -0.225. The Bertz CT molecular complexity index is 640. The molecule has 0 fully saturated rings. The molecule has 0 aliphatic heterocycles. The van der Waals surface area contributed by atoms with E-state index in [0.29, 0.717) is 16.3 Å². The fourth-order valence-electron chi connectivity index (χ4n) is 1.55. The normalized spacial score (nSPS) is 10.7. The van der Waals surface area contributed by atoms with Gasteiger partial charge in [-0.1, -0.05) is 0 Å². The molecule has 0 atom stereocenters. The Balaban J connectivity index is 2.12. The molecule has 2 aromatic heterocycles. The van der Waals surface area contributed by atoms with E-state index in [1.165, 1.54) is 30.8 Å². The zero-order valence-corrected chi connectivity index (χ0v) is 11.8. The summed E-state index contributed by atoms with van der Waals surface area (Å²) < 4.78 is 9.76. The van der Waals surface area contributed by atoms with Gasteiger partial charge in [-0.15, -0.1) is 11.3 Å². The van der Waals surface area contributed by atoms with Gasteiger partial charge in [0.2, 0.25) is 5.91 Å². The Morgan fingerprint density at radius 1 is 1.45 bits per heavy atom. The average Bonchev–Trinajstić information content (AvgIpc) is 3.07. The van der Waals surface area contributed by atoms with Crippen LogP contribution in [0.1, 0.15) is 21.0 Å². The number of carbonyl (C=O) groups is 2. The van der Waals surface area contributed by atoms with Gasteiger partial charge in [-0.25, -0.2) is 4.79 Å². The summed E-state index contributed by atoms with van der Waals surface area (Å²) in [4.78, 5) is 23.8. The topological polar surface area (TPSA) is 68.5 Å². The van der Waals surface area contributed by atoms with Crippen LogP contribution in [-0.4, -0.2) is 19.0 Å². The van der Waals surface area contributed by atoms with Crippen molar-refractivity contribution in [3.05, 3.63) is 46.1 Å². The summed E-state index contributed by atoms with van der Waals surface area (Å²) in [6.07, 6.45) is 4.42. The summed E-state index contributed by atoms with van der Waals surface area (Å²) in [6.45, 7) is 1.81. The van der Waals surface area contributed by atoms with E-state index in [1.807, 2.05) is 6.92 Å². The number of ether oxygens (including phenoxy) is 1. The van der Waals surface area contributed by atoms with Crippen molar-refractivity contribution in [2.45, 2.75) is 6.92 Å². The highest BCUT2D eigenvalue weighted by molar-refractivity contribution is 7.12. The minimum absolute atomic E-state index is 0.340. The molecule has 2 aromatic rings. The molecule has 104 valence electrons. The third-order valence-corrected chi connectivity index (χ3v) is 3.61. The van der Waals surface area contributed by atoms with Gasteiger partial charge >= 0.3 is 5.97 Å². The zero-order valence-electron chi connectivity index (χ0n) is 11.0. The number of aryl methyl sites for hydroxylation is 1. The van der Waals surface area contributed by atoms with Gasteiger partial charge in [0.25, 0.3) is 0 Å². The fraction of sp³-hybridized carbons (Fsp3) is 0.143. The lowest BCUT2D eigenvalue weighted by atomic mass is 10.2. The Hall–Kier alpha value is -2.34. The van der Waals surface area contributed by atoms with Gasteiger partial charge in [-0.05, 0) is 36.1 Å². The molecule has 5 nitrogen and oxygen atoms in total. The van der Waals surface area contributed by atoms with Crippen LogP contribution in [0.25, 0.3) is 6.08 Å². The molecule has 20 heavy (non-hydrogen) atoms. The number of thiophene rings is 1. The molecule has 0 aliphatic carbocycles. The van der Waals surface area contributed by atoms with Crippen LogP contribution >= 0.6 is 11.3 Å². The third-order valence-electron chi connectivity index (χ3n) is 2.54. The molecule has 2 heterocycles. The van der Waals surface area contributed by atoms with E-state index in [-0.39, 0.29) is 5.91 Å². The number of hydrogen-bond acceptors (Lipinski definition) is 5. The molecular formula is C14H13NO4S. The quantitative estimate of drug-likeness (QED) is 0.694. The molecule has 2 rings (SSSR count). The van der Waals surface area contributed by atoms with E-state index in [4.69, 9.17) is 4.42 Å². The maximum absolute atomic E-state index is 11.8. The monoisotopic (exact) mass is 291 g/mol. The summed E-state index contributed by atoms with van der Waals surface area (Å²) in [5.41, 5.74) is 1.30. The predicted octanol–water partition coefficient (Wildman–Crippen LogP) is 3.09. The first-order chi connectivity index (χ1) is 9.61. The van der Waals surface area contributed by atoms with E-state index >= 15 is 0 Å². The maximum atomic E-state index is 11.8. The number of amides is 1. The van der Waals surface area contributed by atoms with Gasteiger partial charge in [-0.3, -0.25) is 4.79 Å². The van der Waals surface area contributed by atoms with Crippen molar-refractivity contribution in [2.24, 2.45) is 0 Å². The van der Waals surface area contributed by atoms with Gasteiger partial charge in [0.15, 0.2) is 0 Å². The lowest BCUT2D eigenvalue weighted by Crippen LogP contribution is -2.11. The number of nitrogens with one attached hydrogen (secondary N) is 1. The summed E-state index contributed by atoms with van der Waals surface area (Å²) >= 11 is 1.23. The number of hydrogen-bond donors (Lipinski definition) is 1. The van der Waals surface area contributed by atoms with Crippen LogP contribution < -0.4 is 5.32 Å². The molecule has 0 aromatic carbocycles. The van der Waals surface area contributed by atoms with Crippen LogP contribution in [0.2, 0.25) is 0 Å². The molecule has 0 saturated carbocycles. The van der Waals surface area contributed by atoms with Gasteiger partial charge in [0.1, 0.15) is 10.6 Å². The minimum atomic E-state index is -0.464. The first-order valence-corrected chi connectivity index (χ1v) is 6.68. The van der Waals surface area contributed by atoms with Gasteiger partial charge in [0, 0.05) is 6.08 Å². The zero-order chi connectivity index (χ0) is 14.5. The van der Waals surface area contributed by atoms with Crippen molar-refractivity contribution in [3.8, 4) is 0 Å². The number of esters is 1. The molecule has 6 heteroatoms. The van der Waals surface area contributed by atoms with Gasteiger partial charge in [0.05, 0.1) is 19.1 Å². The Morgan fingerprint density at radius 2 is 2.25 bits per heavy atom. The van der Waals surface area contributed by atoms with E-state index < -0.39 is 5.97 Å². The molecule has 0 spiro atoms. The standard InChI is InChI=1S/C14H13NO4S/c1-9-8-20-13(14(17)18-2)12(9)15-11(16)6-5-10-4-3-7-19-10/h3-8H,1-2H3,(H,15,16)/b6-5+. The van der Waals surface area contributed by atoms with Crippen LogP contribution in [0.15, 0.2) is 34.3 Å². The smallest absolute Gasteiger partial charge is 0.350 e. The molecule has 0 saturated heterocycles. The van der Waals surface area contributed by atoms with Gasteiger partial charge in [-0.2, -0.15) is 0 Å². The molecule has 1 N–H and O–H groups in total. The molecule has 0 radical (unpaired) electrons. The van der Waals surface area contributed by atoms with E-state index in [1.54, 1.807) is 23.6 Å². The van der Waals surface area contributed by atoms with Crippen molar-refractivity contribution in [2.75, 3.05) is 12.4 Å². The van der Waals surface area contributed by atoms with Crippen molar-refractivity contribution < 1.29 is 18.7 Å². The lowest BCUT2D eigenvalue weighted by Gasteiger charge is -2.04. The number of rotatable bonds is 4. The van der Waals surface area contributed by atoms with Crippen molar-refractivity contribution in [1.82, 2.24) is 0 Å². The third kappa shape index (κ3) is 3.16. The first-order valence-electron chi connectivity index (χ1n) is 5.80. The molecule has 0 unspecified atom stereocenters. The van der Waals surface area contributed by atoms with E-state index in [9.17, 15) is 9.59 Å². The van der Waals surface area contributed by atoms with Crippen molar-refractivity contribution in [1.29, 1.82) is 0 Å². The highest BCUT2D eigenvalue weighted by Gasteiger charge is 2.17. The number of anilines is 1. The van der Waals surface area contributed by atoms with Crippen LogP contribution in [0.5, 0.6) is 0 Å². The summed E-state index contributed by atoms with van der Waals surface area (Å²) in [6, 6.07) is 3.47. The second-order valence-electron chi connectivity index (χ2n) is 3.95. The van der Waals surface area contributed by atoms with Crippen molar-refractivity contribution >= 4 is 35.0 Å². The highest BCUT2D eigenvalue weighted by atomic mass is 32.1. The van der Waals surface area contributed by atoms with Crippen molar-refractivity contribution in [3.63, 3.8) is 0 Å². The highest BCUT2D eigenvalue weighted by Crippen LogP contribution is 2.28. The lowest BCUT2D eigenvalue weighted by molar-refractivity contribution is -0.111. The second kappa shape index (κ2) is 6.21. The molecule has 0 bridgehead atoms. The minimum Gasteiger partial charge on any atom is -0.465 e. The average molecular weight is 291 g/mol. The molecule has 1 amide bonds. The largest absolute Gasteiger partial charge is 0.465 e. The van der Waals surface area contributed by atoms with Crippen LogP contribution in [-0.2, 0) is 9.53 Å². The van der Waals surface area contributed by atoms with E-state index in [2.05, 4.69) is 10.1 Å². The number of furan rings is 1. The second-order valence-corrected chi connectivity index (χ2v) is 4.83. The van der Waals surface area contributed by atoms with Crippen LogP contribution in [0.4, 0.5) is 5.69 Å². The SMILES string of the molecule is COC(=O)c1scc(C)c1NC(=O)/C=C/c1ccco1. The number of carbonyl (C=O) groups excluding carboxylic acids is 2. The van der Waals surface area contributed by atoms with Crippen LogP contribution in [0.3, 0.4) is 0 Å². The summed E-state index contributed by atoms with van der Waals surface area (Å²) in [7, 11) is 1.31. The first kappa shape index (κ1) is 14.1. The Morgan fingerprint density at radius 3 is 2.90 bits per heavy atom. The Labute approximate surface area is 119 Å². The number of methoxy groups -OCH3 is 1.